The average molecular weight is 294 g/mol. The van der Waals surface area contributed by atoms with Crippen molar-refractivity contribution in [3.05, 3.63) is 54.2 Å². The lowest BCUT2D eigenvalue weighted by Gasteiger charge is -2.09. The summed E-state index contributed by atoms with van der Waals surface area (Å²) in [5, 5.41) is 9.63. The predicted octanol–water partition coefficient (Wildman–Crippen LogP) is 1.77. The van der Waals surface area contributed by atoms with Crippen LogP contribution >= 0.6 is 0 Å². The maximum atomic E-state index is 12.3. The number of pyridine rings is 1. The molecule has 2 heterocycles. The Labute approximate surface area is 129 Å². The summed E-state index contributed by atoms with van der Waals surface area (Å²) < 4.78 is 0. The normalized spacial score (nSPS) is 25.4. The molecular weight excluding hydrogens is 276 g/mol. The maximum Gasteiger partial charge on any atom is 0.270 e. The second-order valence-electron chi connectivity index (χ2n) is 5.88. The van der Waals surface area contributed by atoms with Crippen LogP contribution in [0.3, 0.4) is 0 Å². The third kappa shape index (κ3) is 2.55. The molecule has 0 radical (unpaired) electrons. The van der Waals surface area contributed by atoms with E-state index >= 15 is 0 Å². The molecule has 5 nitrogen and oxygen atoms in total. The molecular formula is C17H18N4O. The van der Waals surface area contributed by atoms with Crippen LogP contribution in [0, 0.1) is 11.8 Å². The second-order valence-corrected chi connectivity index (χ2v) is 5.88. The largest absolute Gasteiger partial charge is 0.347 e. The Bertz CT molecular complexity index is 678. The van der Waals surface area contributed by atoms with Gasteiger partial charge in [0.05, 0.1) is 0 Å². The molecule has 2 aromatic rings. The van der Waals surface area contributed by atoms with E-state index in [-0.39, 0.29) is 5.91 Å². The number of carbonyl (C=O) groups is 1. The number of benzene rings is 1. The van der Waals surface area contributed by atoms with Gasteiger partial charge in [-0.05, 0) is 36.1 Å². The third-order valence-electron chi connectivity index (χ3n) is 4.42. The maximum absolute atomic E-state index is 12.3. The standard InChI is InChI=1S/C17H18N4O/c22-17(21-16-12-9-18-10-13(12)16)14-7-4-8-15(20-14)19-11-5-2-1-3-6-11/h1-8,12-13,16,18H,9-10H2,(H,19,20)(H,21,22)/t12-,13+,16?. The highest BCUT2D eigenvalue weighted by Gasteiger charge is 2.53. The SMILES string of the molecule is O=C(NC1[C@H]2CNC[C@@H]12)c1cccc(Nc2ccccc2)n1. The highest BCUT2D eigenvalue weighted by Crippen LogP contribution is 2.41. The van der Waals surface area contributed by atoms with E-state index in [1.165, 1.54) is 0 Å². The zero-order valence-electron chi connectivity index (χ0n) is 12.1. The van der Waals surface area contributed by atoms with Crippen LogP contribution in [-0.4, -0.2) is 30.0 Å². The van der Waals surface area contributed by atoms with Crippen LogP contribution in [0.25, 0.3) is 0 Å². The van der Waals surface area contributed by atoms with Crippen molar-refractivity contribution in [1.29, 1.82) is 0 Å². The van der Waals surface area contributed by atoms with Crippen LogP contribution < -0.4 is 16.0 Å². The minimum atomic E-state index is -0.0869. The van der Waals surface area contributed by atoms with Crippen LogP contribution in [0.5, 0.6) is 0 Å². The average Bonchev–Trinajstić information content (AvgIpc) is 2.97. The van der Waals surface area contributed by atoms with E-state index in [9.17, 15) is 4.79 Å². The van der Waals surface area contributed by atoms with Crippen molar-refractivity contribution in [1.82, 2.24) is 15.6 Å². The molecule has 0 spiro atoms. The Hall–Kier alpha value is -2.40. The summed E-state index contributed by atoms with van der Waals surface area (Å²) in [6.07, 6.45) is 0. The van der Waals surface area contributed by atoms with Crippen LogP contribution in [0.4, 0.5) is 11.5 Å². The number of nitrogens with one attached hydrogen (secondary N) is 3. The molecule has 0 bridgehead atoms. The van der Waals surface area contributed by atoms with Gasteiger partial charge in [-0.2, -0.15) is 0 Å². The lowest BCUT2D eigenvalue weighted by molar-refractivity contribution is 0.0941. The number of anilines is 2. The Balaban J connectivity index is 1.43. The first-order valence-electron chi connectivity index (χ1n) is 7.62. The van der Waals surface area contributed by atoms with Crippen molar-refractivity contribution in [3.63, 3.8) is 0 Å². The minimum absolute atomic E-state index is 0.0869. The molecule has 2 aliphatic rings. The van der Waals surface area contributed by atoms with Gasteiger partial charge in [0.25, 0.3) is 5.91 Å². The number of carbonyl (C=O) groups excluding carboxylic acids is 1. The predicted molar refractivity (Wildman–Crippen MR) is 85.1 cm³/mol. The molecule has 1 aliphatic carbocycles. The number of rotatable bonds is 4. The molecule has 1 aromatic heterocycles. The second kappa shape index (κ2) is 5.42. The van der Waals surface area contributed by atoms with E-state index in [2.05, 4.69) is 20.9 Å². The van der Waals surface area contributed by atoms with E-state index in [0.29, 0.717) is 29.4 Å². The van der Waals surface area contributed by atoms with Gasteiger partial charge in [0, 0.05) is 24.8 Å². The number of hydrogen-bond donors (Lipinski definition) is 3. The summed E-state index contributed by atoms with van der Waals surface area (Å²) in [6.45, 7) is 2.03. The van der Waals surface area contributed by atoms with Crippen LogP contribution in [-0.2, 0) is 0 Å². The molecule has 1 saturated heterocycles. The first-order valence-corrected chi connectivity index (χ1v) is 7.62. The van der Waals surface area contributed by atoms with E-state index in [0.717, 1.165) is 18.8 Å². The number of para-hydroxylation sites is 1. The summed E-state index contributed by atoms with van der Waals surface area (Å²) in [7, 11) is 0. The summed E-state index contributed by atoms with van der Waals surface area (Å²) in [6, 6.07) is 15.6. The Morgan fingerprint density at radius 2 is 1.82 bits per heavy atom. The van der Waals surface area contributed by atoms with Crippen molar-refractivity contribution >= 4 is 17.4 Å². The van der Waals surface area contributed by atoms with Crippen molar-refractivity contribution in [2.24, 2.45) is 11.8 Å². The summed E-state index contributed by atoms with van der Waals surface area (Å²) in [5.41, 5.74) is 1.41. The number of amides is 1. The van der Waals surface area contributed by atoms with E-state index in [1.807, 2.05) is 42.5 Å². The van der Waals surface area contributed by atoms with E-state index < -0.39 is 0 Å². The summed E-state index contributed by atoms with van der Waals surface area (Å²) in [4.78, 5) is 16.7. The quantitative estimate of drug-likeness (QED) is 0.804. The van der Waals surface area contributed by atoms with Gasteiger partial charge in [0.15, 0.2) is 0 Å². The topological polar surface area (TPSA) is 66.1 Å². The number of aromatic nitrogens is 1. The summed E-state index contributed by atoms with van der Waals surface area (Å²) in [5.74, 6) is 1.80. The molecule has 1 amide bonds. The van der Waals surface area contributed by atoms with Crippen LogP contribution in [0.2, 0.25) is 0 Å². The smallest absolute Gasteiger partial charge is 0.270 e. The fourth-order valence-electron chi connectivity index (χ4n) is 3.16. The number of nitrogens with zero attached hydrogens (tertiary/aromatic N) is 1. The number of hydrogen-bond acceptors (Lipinski definition) is 4. The third-order valence-corrected chi connectivity index (χ3v) is 4.42. The van der Waals surface area contributed by atoms with Crippen LogP contribution in [0.15, 0.2) is 48.5 Å². The number of fused-ring (bicyclic) bond motifs is 1. The van der Waals surface area contributed by atoms with Gasteiger partial charge in [0.1, 0.15) is 11.5 Å². The molecule has 3 N–H and O–H groups in total. The van der Waals surface area contributed by atoms with Gasteiger partial charge < -0.3 is 16.0 Å². The lowest BCUT2D eigenvalue weighted by Crippen LogP contribution is -2.33. The van der Waals surface area contributed by atoms with Crippen molar-refractivity contribution in [3.8, 4) is 0 Å². The first kappa shape index (κ1) is 13.3. The zero-order valence-corrected chi connectivity index (χ0v) is 12.1. The molecule has 112 valence electrons. The van der Waals surface area contributed by atoms with Gasteiger partial charge in [-0.3, -0.25) is 4.79 Å². The Morgan fingerprint density at radius 1 is 1.05 bits per heavy atom. The molecule has 1 aromatic carbocycles. The highest BCUT2D eigenvalue weighted by molar-refractivity contribution is 5.93. The highest BCUT2D eigenvalue weighted by atomic mass is 16.2. The molecule has 1 saturated carbocycles. The van der Waals surface area contributed by atoms with Gasteiger partial charge in [-0.25, -0.2) is 4.98 Å². The Kier molecular flexibility index (Phi) is 3.27. The first-order chi connectivity index (χ1) is 10.8. The minimum Gasteiger partial charge on any atom is -0.347 e. The van der Waals surface area contributed by atoms with Crippen molar-refractivity contribution in [2.75, 3.05) is 18.4 Å². The van der Waals surface area contributed by atoms with E-state index in [1.54, 1.807) is 6.07 Å². The molecule has 2 fully saturated rings. The molecule has 4 rings (SSSR count). The molecule has 1 aliphatic heterocycles. The summed E-state index contributed by atoms with van der Waals surface area (Å²) >= 11 is 0. The van der Waals surface area contributed by atoms with Crippen LogP contribution in [0.1, 0.15) is 10.5 Å². The molecule has 5 heteroatoms. The monoisotopic (exact) mass is 294 g/mol. The zero-order chi connectivity index (χ0) is 14.9. The lowest BCUT2D eigenvalue weighted by atomic mass is 10.3. The Morgan fingerprint density at radius 3 is 2.59 bits per heavy atom. The fourth-order valence-corrected chi connectivity index (χ4v) is 3.16. The molecule has 3 atom stereocenters. The van der Waals surface area contributed by atoms with Crippen molar-refractivity contribution < 1.29 is 4.79 Å². The van der Waals surface area contributed by atoms with Crippen molar-refractivity contribution in [2.45, 2.75) is 6.04 Å². The molecule has 22 heavy (non-hydrogen) atoms. The molecule has 1 unspecified atom stereocenters. The fraction of sp³-hybridized carbons (Fsp3) is 0.294. The van der Waals surface area contributed by atoms with Gasteiger partial charge >= 0.3 is 0 Å². The number of piperidine rings is 1. The van der Waals surface area contributed by atoms with E-state index in [4.69, 9.17) is 0 Å². The van der Waals surface area contributed by atoms with Gasteiger partial charge in [-0.1, -0.05) is 24.3 Å². The van der Waals surface area contributed by atoms with Gasteiger partial charge in [-0.15, -0.1) is 0 Å². The van der Waals surface area contributed by atoms with Gasteiger partial charge in [0.2, 0.25) is 0 Å².